The normalized spacial score (nSPS) is 10.9. The standard InChI is InChI=1S/C20H24FN3O2/c1-3-4-5-6-7-13-26-17-10-8-9-16(18(17)21)24-20(25)15-12-11-14(2)23-19(15)22/h4-5,8-12H,3,6-7,13H2,1-2H3,(H2,22,23)(H,24,25). The number of unbranched alkanes of at least 4 members (excludes halogenated alkanes) is 1. The van der Waals surface area contributed by atoms with Gasteiger partial charge in [0.05, 0.1) is 17.9 Å². The zero-order valence-corrected chi connectivity index (χ0v) is 15.1. The van der Waals surface area contributed by atoms with E-state index in [-0.39, 0.29) is 22.8 Å². The molecule has 0 aliphatic heterocycles. The highest BCUT2D eigenvalue weighted by molar-refractivity contribution is 6.07. The van der Waals surface area contributed by atoms with E-state index in [9.17, 15) is 9.18 Å². The molecule has 0 unspecified atom stereocenters. The van der Waals surface area contributed by atoms with Crippen LogP contribution in [0.15, 0.2) is 42.5 Å². The minimum atomic E-state index is -0.608. The fraction of sp³-hybridized carbons (Fsp3) is 0.300. The van der Waals surface area contributed by atoms with E-state index in [2.05, 4.69) is 29.4 Å². The molecule has 0 fully saturated rings. The first kappa shape index (κ1) is 19.4. The second-order valence-electron chi connectivity index (χ2n) is 5.83. The van der Waals surface area contributed by atoms with Gasteiger partial charge in [-0.1, -0.05) is 25.1 Å². The van der Waals surface area contributed by atoms with Crippen LogP contribution in [0.3, 0.4) is 0 Å². The molecule has 6 heteroatoms. The Morgan fingerprint density at radius 2 is 2.12 bits per heavy atom. The number of ether oxygens (including phenoxy) is 1. The Labute approximate surface area is 153 Å². The van der Waals surface area contributed by atoms with Gasteiger partial charge in [0, 0.05) is 5.69 Å². The van der Waals surface area contributed by atoms with Crippen LogP contribution in [0.2, 0.25) is 0 Å². The molecule has 0 bridgehead atoms. The van der Waals surface area contributed by atoms with Crippen LogP contribution in [0.4, 0.5) is 15.9 Å². The van der Waals surface area contributed by atoms with Crippen molar-refractivity contribution in [2.75, 3.05) is 17.7 Å². The third kappa shape index (κ3) is 5.31. The Morgan fingerprint density at radius 1 is 1.31 bits per heavy atom. The number of aryl methyl sites for hydroxylation is 1. The highest BCUT2D eigenvalue weighted by Crippen LogP contribution is 2.25. The first-order valence-corrected chi connectivity index (χ1v) is 8.63. The predicted molar refractivity (Wildman–Crippen MR) is 102 cm³/mol. The Balaban J connectivity index is 2.01. The molecule has 0 saturated carbocycles. The van der Waals surface area contributed by atoms with Gasteiger partial charge in [-0.15, -0.1) is 0 Å². The lowest BCUT2D eigenvalue weighted by molar-refractivity contribution is 0.102. The van der Waals surface area contributed by atoms with Crippen LogP contribution in [0.1, 0.15) is 42.2 Å². The maximum absolute atomic E-state index is 14.5. The van der Waals surface area contributed by atoms with Gasteiger partial charge < -0.3 is 15.8 Å². The number of halogens is 1. The molecule has 0 atom stereocenters. The van der Waals surface area contributed by atoms with Crippen molar-refractivity contribution in [2.24, 2.45) is 0 Å². The first-order valence-electron chi connectivity index (χ1n) is 8.63. The van der Waals surface area contributed by atoms with Crippen molar-refractivity contribution in [2.45, 2.75) is 33.1 Å². The molecule has 138 valence electrons. The molecular formula is C20H24FN3O2. The number of pyridine rings is 1. The molecule has 1 heterocycles. The van der Waals surface area contributed by atoms with E-state index in [0.717, 1.165) is 19.3 Å². The monoisotopic (exact) mass is 357 g/mol. The molecule has 5 nitrogen and oxygen atoms in total. The molecule has 2 rings (SSSR count). The predicted octanol–water partition coefficient (Wildman–Crippen LogP) is 4.49. The van der Waals surface area contributed by atoms with Gasteiger partial charge in [-0.3, -0.25) is 4.79 Å². The molecule has 1 aromatic carbocycles. The second kappa shape index (κ2) is 9.56. The van der Waals surface area contributed by atoms with Crippen molar-refractivity contribution in [3.05, 3.63) is 59.6 Å². The van der Waals surface area contributed by atoms with Crippen LogP contribution < -0.4 is 15.8 Å². The number of allylic oxidation sites excluding steroid dienone is 2. The van der Waals surface area contributed by atoms with E-state index in [4.69, 9.17) is 10.5 Å². The summed E-state index contributed by atoms with van der Waals surface area (Å²) >= 11 is 0. The number of hydrogen-bond acceptors (Lipinski definition) is 4. The summed E-state index contributed by atoms with van der Waals surface area (Å²) in [5.74, 6) is -0.910. The van der Waals surface area contributed by atoms with Crippen LogP contribution in [-0.2, 0) is 0 Å². The number of carbonyl (C=O) groups is 1. The quantitative estimate of drug-likeness (QED) is 0.539. The number of benzene rings is 1. The molecule has 1 amide bonds. The fourth-order valence-corrected chi connectivity index (χ4v) is 2.35. The number of nitrogens with two attached hydrogens (primary N) is 1. The highest BCUT2D eigenvalue weighted by atomic mass is 19.1. The third-order valence-electron chi connectivity index (χ3n) is 3.70. The summed E-state index contributed by atoms with van der Waals surface area (Å²) in [6.45, 7) is 4.25. The molecule has 26 heavy (non-hydrogen) atoms. The number of carbonyl (C=O) groups excluding carboxylic acids is 1. The summed E-state index contributed by atoms with van der Waals surface area (Å²) in [4.78, 5) is 16.4. The van der Waals surface area contributed by atoms with E-state index in [0.29, 0.717) is 12.3 Å². The molecule has 0 aliphatic rings. The van der Waals surface area contributed by atoms with Crippen LogP contribution in [0.5, 0.6) is 5.75 Å². The number of hydrogen-bond donors (Lipinski definition) is 2. The molecule has 0 spiro atoms. The van der Waals surface area contributed by atoms with E-state index in [1.165, 1.54) is 12.1 Å². The average Bonchev–Trinajstić information content (AvgIpc) is 2.60. The largest absolute Gasteiger partial charge is 0.490 e. The lowest BCUT2D eigenvalue weighted by Gasteiger charge is -2.12. The maximum Gasteiger partial charge on any atom is 0.259 e. The molecule has 0 radical (unpaired) electrons. The minimum Gasteiger partial charge on any atom is -0.490 e. The van der Waals surface area contributed by atoms with Crippen LogP contribution in [0.25, 0.3) is 0 Å². The smallest absolute Gasteiger partial charge is 0.259 e. The second-order valence-corrected chi connectivity index (χ2v) is 5.83. The van der Waals surface area contributed by atoms with Gasteiger partial charge in [0.15, 0.2) is 11.6 Å². The molecule has 2 aromatic rings. The summed E-state index contributed by atoms with van der Waals surface area (Å²) in [6, 6.07) is 7.88. The zero-order chi connectivity index (χ0) is 18.9. The maximum atomic E-state index is 14.5. The molecule has 1 aromatic heterocycles. The Bertz CT molecular complexity index is 791. The van der Waals surface area contributed by atoms with Crippen molar-refractivity contribution >= 4 is 17.4 Å². The van der Waals surface area contributed by atoms with Crippen molar-refractivity contribution in [1.29, 1.82) is 0 Å². The van der Waals surface area contributed by atoms with Gasteiger partial charge in [0.1, 0.15) is 5.82 Å². The number of anilines is 2. The lowest BCUT2D eigenvalue weighted by atomic mass is 10.2. The summed E-state index contributed by atoms with van der Waals surface area (Å²) in [7, 11) is 0. The number of rotatable bonds is 8. The van der Waals surface area contributed by atoms with Crippen molar-refractivity contribution in [3.8, 4) is 5.75 Å². The van der Waals surface area contributed by atoms with E-state index >= 15 is 0 Å². The molecular weight excluding hydrogens is 333 g/mol. The van der Waals surface area contributed by atoms with Gasteiger partial charge >= 0.3 is 0 Å². The van der Waals surface area contributed by atoms with Gasteiger partial charge in [0.25, 0.3) is 5.91 Å². The number of nitrogens with one attached hydrogen (secondary N) is 1. The summed E-state index contributed by atoms with van der Waals surface area (Å²) < 4.78 is 20.0. The highest BCUT2D eigenvalue weighted by Gasteiger charge is 2.15. The summed E-state index contributed by atoms with van der Waals surface area (Å²) in [5.41, 5.74) is 6.71. The molecule has 0 saturated heterocycles. The Kier molecular flexibility index (Phi) is 7.14. The SMILES string of the molecule is CCC=CCCCOc1cccc(NC(=O)c2ccc(C)nc2N)c1F. The van der Waals surface area contributed by atoms with E-state index in [1.54, 1.807) is 25.1 Å². The number of nitrogens with zero attached hydrogens (tertiary/aromatic N) is 1. The van der Waals surface area contributed by atoms with Crippen molar-refractivity contribution < 1.29 is 13.9 Å². The number of amides is 1. The topological polar surface area (TPSA) is 77.2 Å². The van der Waals surface area contributed by atoms with E-state index < -0.39 is 11.7 Å². The van der Waals surface area contributed by atoms with Gasteiger partial charge in [-0.25, -0.2) is 9.37 Å². The molecule has 3 N–H and O–H groups in total. The van der Waals surface area contributed by atoms with E-state index in [1.807, 2.05) is 0 Å². The molecule has 0 aliphatic carbocycles. The van der Waals surface area contributed by atoms with Gasteiger partial charge in [-0.2, -0.15) is 0 Å². The Hall–Kier alpha value is -2.89. The van der Waals surface area contributed by atoms with Crippen molar-refractivity contribution in [1.82, 2.24) is 4.98 Å². The summed E-state index contributed by atoms with van der Waals surface area (Å²) in [6.07, 6.45) is 6.83. The zero-order valence-electron chi connectivity index (χ0n) is 15.1. The Morgan fingerprint density at radius 3 is 2.85 bits per heavy atom. The lowest BCUT2D eigenvalue weighted by Crippen LogP contribution is -2.16. The number of aromatic nitrogens is 1. The van der Waals surface area contributed by atoms with Crippen LogP contribution >= 0.6 is 0 Å². The minimum absolute atomic E-state index is 0.0401. The fourth-order valence-electron chi connectivity index (χ4n) is 2.35. The van der Waals surface area contributed by atoms with Crippen molar-refractivity contribution in [3.63, 3.8) is 0 Å². The van der Waals surface area contributed by atoms with Crippen LogP contribution in [0, 0.1) is 12.7 Å². The van der Waals surface area contributed by atoms with Gasteiger partial charge in [0.2, 0.25) is 0 Å². The summed E-state index contributed by atoms with van der Waals surface area (Å²) in [5, 5.41) is 2.52. The first-order chi connectivity index (χ1) is 12.5. The van der Waals surface area contributed by atoms with Gasteiger partial charge in [-0.05, 0) is 50.5 Å². The number of nitrogen functional groups attached to an aromatic ring is 1. The third-order valence-corrected chi connectivity index (χ3v) is 3.70. The average molecular weight is 357 g/mol. The van der Waals surface area contributed by atoms with Crippen LogP contribution in [-0.4, -0.2) is 17.5 Å².